The first-order chi connectivity index (χ1) is 16.7. The maximum absolute atomic E-state index is 13.4. The molecule has 3 aromatic carbocycles. The minimum atomic E-state index is -0.673. The van der Waals surface area contributed by atoms with Crippen molar-refractivity contribution in [2.75, 3.05) is 7.11 Å². The monoisotopic (exact) mass is 468 g/mol. The van der Waals surface area contributed by atoms with E-state index in [1.165, 1.54) is 6.08 Å². The van der Waals surface area contributed by atoms with Crippen molar-refractivity contribution < 1.29 is 18.7 Å². The van der Waals surface area contributed by atoms with E-state index in [1.807, 2.05) is 49.4 Å². The summed E-state index contributed by atoms with van der Waals surface area (Å²) in [5, 5.41) is 0.363. The van der Waals surface area contributed by atoms with E-state index in [0.29, 0.717) is 16.5 Å². The summed E-state index contributed by atoms with van der Waals surface area (Å²) in [6.45, 7) is 8.27. The molecule has 0 atom stereocenters. The third-order valence-corrected chi connectivity index (χ3v) is 5.75. The Morgan fingerprint density at radius 1 is 0.943 bits per heavy atom. The number of ether oxygens (including phenoxy) is 2. The Balaban J connectivity index is 1.74. The second-order valence-corrected chi connectivity index (χ2v) is 9.44. The van der Waals surface area contributed by atoms with Gasteiger partial charge < -0.3 is 13.9 Å². The Kier molecular flexibility index (Phi) is 6.61. The van der Waals surface area contributed by atoms with E-state index in [1.54, 1.807) is 37.5 Å². The highest BCUT2D eigenvalue weighted by Gasteiger charge is 2.21. The molecule has 4 rings (SSSR count). The number of carbonyl (C=O) groups is 1. The summed E-state index contributed by atoms with van der Waals surface area (Å²) in [5.41, 5.74) is 3.51. The van der Waals surface area contributed by atoms with E-state index < -0.39 is 11.4 Å². The second-order valence-electron chi connectivity index (χ2n) is 9.44. The zero-order chi connectivity index (χ0) is 25.2. The molecule has 5 heteroatoms. The number of aryl methyl sites for hydroxylation is 1. The van der Waals surface area contributed by atoms with Crippen molar-refractivity contribution in [3.05, 3.63) is 99.7 Å². The Bertz CT molecular complexity index is 1450. The van der Waals surface area contributed by atoms with Gasteiger partial charge in [-0.1, -0.05) is 68.8 Å². The number of hydrogen-bond donors (Lipinski definition) is 0. The summed E-state index contributed by atoms with van der Waals surface area (Å²) in [6, 6.07) is 20.3. The highest BCUT2D eigenvalue weighted by atomic mass is 16.5. The summed E-state index contributed by atoms with van der Waals surface area (Å²) < 4.78 is 16.9. The lowest BCUT2D eigenvalue weighted by Gasteiger charge is -2.19. The fraction of sp³-hybridized carbons (Fsp3) is 0.200. The smallest absolute Gasteiger partial charge is 0.336 e. The summed E-state index contributed by atoms with van der Waals surface area (Å²) >= 11 is 0. The van der Waals surface area contributed by atoms with Gasteiger partial charge in [-0.25, -0.2) is 4.79 Å². The number of fused-ring (bicyclic) bond motifs is 1. The van der Waals surface area contributed by atoms with Gasteiger partial charge in [0.05, 0.1) is 12.5 Å². The van der Waals surface area contributed by atoms with Crippen LogP contribution in [0.3, 0.4) is 0 Å². The van der Waals surface area contributed by atoms with Crippen LogP contribution >= 0.6 is 0 Å². The van der Waals surface area contributed by atoms with Crippen molar-refractivity contribution >= 4 is 23.0 Å². The molecule has 0 fully saturated rings. The van der Waals surface area contributed by atoms with Gasteiger partial charge in [0, 0.05) is 11.6 Å². The largest absolute Gasteiger partial charge is 0.497 e. The zero-order valence-corrected chi connectivity index (χ0v) is 20.5. The third kappa shape index (κ3) is 5.35. The van der Waals surface area contributed by atoms with Crippen molar-refractivity contribution in [3.8, 4) is 22.8 Å². The normalized spacial score (nSPS) is 11.7. The topological polar surface area (TPSA) is 65.7 Å². The summed E-state index contributed by atoms with van der Waals surface area (Å²) in [6.07, 6.45) is 2.90. The quantitative estimate of drug-likeness (QED) is 0.241. The van der Waals surface area contributed by atoms with Gasteiger partial charge in [-0.3, -0.25) is 4.79 Å². The molecule has 35 heavy (non-hydrogen) atoms. The Labute approximate surface area is 204 Å². The lowest BCUT2D eigenvalue weighted by molar-refractivity contribution is -0.129. The molecule has 0 aliphatic carbocycles. The zero-order valence-electron chi connectivity index (χ0n) is 20.5. The predicted octanol–water partition coefficient (Wildman–Crippen LogP) is 6.69. The number of benzene rings is 3. The Morgan fingerprint density at radius 2 is 1.63 bits per heavy atom. The molecule has 0 N–H and O–H groups in total. The minimum absolute atomic E-state index is 0.0260. The van der Waals surface area contributed by atoms with Gasteiger partial charge in [0.1, 0.15) is 11.3 Å². The van der Waals surface area contributed by atoms with Gasteiger partial charge >= 0.3 is 5.97 Å². The Morgan fingerprint density at radius 3 is 2.26 bits per heavy atom. The summed E-state index contributed by atoms with van der Waals surface area (Å²) in [4.78, 5) is 26.1. The van der Waals surface area contributed by atoms with E-state index >= 15 is 0 Å². The predicted molar refractivity (Wildman–Crippen MR) is 139 cm³/mol. The van der Waals surface area contributed by atoms with Crippen molar-refractivity contribution in [2.24, 2.45) is 0 Å². The first-order valence-electron chi connectivity index (χ1n) is 11.4. The highest BCUT2D eigenvalue weighted by Crippen LogP contribution is 2.33. The molecule has 0 amide bonds. The minimum Gasteiger partial charge on any atom is -0.497 e. The van der Waals surface area contributed by atoms with Crippen LogP contribution in [0.15, 0.2) is 82.0 Å². The summed E-state index contributed by atoms with van der Waals surface area (Å²) in [5.74, 6) is 0.137. The van der Waals surface area contributed by atoms with Crippen LogP contribution < -0.4 is 14.9 Å². The van der Waals surface area contributed by atoms with Crippen molar-refractivity contribution in [2.45, 2.75) is 33.1 Å². The van der Waals surface area contributed by atoms with Crippen LogP contribution in [0.5, 0.6) is 11.5 Å². The van der Waals surface area contributed by atoms with Gasteiger partial charge in [-0.05, 0) is 53.8 Å². The average Bonchev–Trinajstić information content (AvgIpc) is 2.84. The van der Waals surface area contributed by atoms with Crippen LogP contribution in [0.4, 0.5) is 0 Å². The molecule has 0 bridgehead atoms. The maximum Gasteiger partial charge on any atom is 0.336 e. The van der Waals surface area contributed by atoms with Gasteiger partial charge in [0.2, 0.25) is 11.2 Å². The van der Waals surface area contributed by atoms with Crippen molar-refractivity contribution in [1.82, 2.24) is 0 Å². The SMILES string of the molecule is COc1ccc(/C=C/C(=O)Oc2c(-c3ccc(C(C)(C)C)cc3)oc3ccc(C)cc3c2=O)cc1. The first-order valence-corrected chi connectivity index (χ1v) is 11.4. The van der Waals surface area contributed by atoms with Crippen molar-refractivity contribution in [3.63, 3.8) is 0 Å². The molecule has 0 saturated heterocycles. The molecule has 1 aromatic heterocycles. The molecule has 0 aliphatic rings. The van der Waals surface area contributed by atoms with Crippen LogP contribution in [0.25, 0.3) is 28.4 Å². The van der Waals surface area contributed by atoms with Crippen LogP contribution in [-0.2, 0) is 10.2 Å². The van der Waals surface area contributed by atoms with Gasteiger partial charge in [0.15, 0.2) is 5.76 Å². The molecule has 178 valence electrons. The third-order valence-electron chi connectivity index (χ3n) is 5.75. The second kappa shape index (κ2) is 9.63. The van der Waals surface area contributed by atoms with Gasteiger partial charge in [0.25, 0.3) is 0 Å². The van der Waals surface area contributed by atoms with E-state index in [9.17, 15) is 9.59 Å². The molecule has 0 radical (unpaired) electrons. The maximum atomic E-state index is 13.4. The van der Waals surface area contributed by atoms with Crippen molar-refractivity contribution in [1.29, 1.82) is 0 Å². The molecular formula is C30H28O5. The molecule has 1 heterocycles. The van der Waals surface area contributed by atoms with E-state index in [0.717, 1.165) is 22.4 Å². The molecule has 0 unspecified atom stereocenters. The number of methoxy groups -OCH3 is 1. The number of rotatable bonds is 5. The highest BCUT2D eigenvalue weighted by molar-refractivity contribution is 5.91. The molecule has 4 aromatic rings. The van der Waals surface area contributed by atoms with Gasteiger partial charge in [-0.2, -0.15) is 0 Å². The van der Waals surface area contributed by atoms with Crippen LogP contribution in [0, 0.1) is 6.92 Å². The molecule has 0 spiro atoms. The fourth-order valence-corrected chi connectivity index (χ4v) is 3.71. The van der Waals surface area contributed by atoms with Crippen LogP contribution in [0.2, 0.25) is 0 Å². The van der Waals surface area contributed by atoms with E-state index in [2.05, 4.69) is 20.8 Å². The first kappa shape index (κ1) is 24.0. The average molecular weight is 469 g/mol. The lowest BCUT2D eigenvalue weighted by Crippen LogP contribution is -2.14. The molecule has 0 aliphatic heterocycles. The van der Waals surface area contributed by atoms with Crippen LogP contribution in [-0.4, -0.2) is 13.1 Å². The summed E-state index contributed by atoms with van der Waals surface area (Å²) in [7, 11) is 1.59. The van der Waals surface area contributed by atoms with E-state index in [-0.39, 0.29) is 16.9 Å². The Hall–Kier alpha value is -4.12. The molecule has 0 saturated carbocycles. The number of esters is 1. The molecule has 5 nitrogen and oxygen atoms in total. The van der Waals surface area contributed by atoms with E-state index in [4.69, 9.17) is 13.9 Å². The number of carbonyl (C=O) groups excluding carboxylic acids is 1. The fourth-order valence-electron chi connectivity index (χ4n) is 3.71. The standard InChI is InChI=1S/C30H28O5/c1-19-6-16-25-24(18-19)27(32)29(28(34-25)21-10-12-22(13-11-21)30(2,3)4)35-26(31)17-9-20-7-14-23(33-5)15-8-20/h6-18H,1-5H3/b17-9+. The molecular weight excluding hydrogens is 440 g/mol. The number of hydrogen-bond acceptors (Lipinski definition) is 5. The van der Waals surface area contributed by atoms with Crippen LogP contribution in [0.1, 0.15) is 37.5 Å². The lowest BCUT2D eigenvalue weighted by atomic mass is 9.86. The van der Waals surface area contributed by atoms with Gasteiger partial charge in [-0.15, -0.1) is 0 Å².